The first-order valence-electron chi connectivity index (χ1n) is 8.99. The Balaban J connectivity index is 1.57. The summed E-state index contributed by atoms with van der Waals surface area (Å²) in [6, 6.07) is 10.0. The first kappa shape index (κ1) is 18.7. The Morgan fingerprint density at radius 2 is 1.74 bits per heavy atom. The minimum absolute atomic E-state index is 0.248. The van der Waals surface area contributed by atoms with Crippen LogP contribution in [-0.4, -0.2) is 22.9 Å². The molecule has 2 atom stereocenters. The van der Waals surface area contributed by atoms with Gasteiger partial charge in [0.25, 0.3) is 5.91 Å². The van der Waals surface area contributed by atoms with E-state index >= 15 is 0 Å². The molecule has 7 nitrogen and oxygen atoms in total. The Kier molecular flexibility index (Phi) is 5.90. The summed E-state index contributed by atoms with van der Waals surface area (Å²) in [4.78, 5) is 36.0. The van der Waals surface area contributed by atoms with Gasteiger partial charge < -0.3 is 20.2 Å². The lowest BCUT2D eigenvalue weighted by atomic mass is 9.78. The van der Waals surface area contributed by atoms with Gasteiger partial charge >= 0.3 is 5.97 Å². The molecule has 0 saturated heterocycles. The predicted octanol–water partition coefficient (Wildman–Crippen LogP) is 3.04. The normalized spacial score (nSPS) is 19.3. The van der Waals surface area contributed by atoms with Crippen molar-refractivity contribution in [1.82, 2.24) is 5.32 Å². The van der Waals surface area contributed by atoms with Crippen molar-refractivity contribution in [1.29, 1.82) is 0 Å². The summed E-state index contributed by atoms with van der Waals surface area (Å²) in [5, 5.41) is 14.8. The smallest absolute Gasteiger partial charge is 0.307 e. The van der Waals surface area contributed by atoms with Crippen molar-refractivity contribution in [2.24, 2.45) is 11.8 Å². The number of furan rings is 1. The molecule has 2 aromatic rings. The minimum atomic E-state index is -0.918. The lowest BCUT2D eigenvalue weighted by Crippen LogP contribution is -2.36. The van der Waals surface area contributed by atoms with Gasteiger partial charge in [-0.25, -0.2) is 0 Å². The van der Waals surface area contributed by atoms with Crippen LogP contribution in [0, 0.1) is 11.8 Å². The zero-order valence-corrected chi connectivity index (χ0v) is 14.8. The summed E-state index contributed by atoms with van der Waals surface area (Å²) in [7, 11) is 0. The zero-order valence-electron chi connectivity index (χ0n) is 14.8. The maximum absolute atomic E-state index is 12.5. The highest BCUT2D eigenvalue weighted by Crippen LogP contribution is 2.31. The molecule has 0 aliphatic heterocycles. The molecule has 7 heteroatoms. The molecular formula is C20H22N2O5. The number of amides is 2. The monoisotopic (exact) mass is 370 g/mol. The Morgan fingerprint density at radius 3 is 2.37 bits per heavy atom. The molecule has 0 radical (unpaired) electrons. The van der Waals surface area contributed by atoms with Gasteiger partial charge in [0.05, 0.1) is 24.6 Å². The Morgan fingerprint density at radius 1 is 1.04 bits per heavy atom. The molecule has 1 aliphatic rings. The maximum Gasteiger partial charge on any atom is 0.307 e. The molecule has 3 N–H and O–H groups in total. The van der Waals surface area contributed by atoms with Gasteiger partial charge in [-0.2, -0.15) is 0 Å². The molecule has 2 amide bonds. The number of aliphatic carboxylic acids is 1. The molecule has 142 valence electrons. The highest BCUT2D eigenvalue weighted by molar-refractivity contribution is 5.97. The predicted molar refractivity (Wildman–Crippen MR) is 98.0 cm³/mol. The van der Waals surface area contributed by atoms with Crippen LogP contribution < -0.4 is 10.6 Å². The lowest BCUT2D eigenvalue weighted by molar-refractivity contribution is -0.147. The Hall–Kier alpha value is -3.09. The summed E-state index contributed by atoms with van der Waals surface area (Å²) >= 11 is 0. The van der Waals surface area contributed by atoms with Crippen LogP contribution in [0.25, 0.3) is 0 Å². The van der Waals surface area contributed by atoms with Gasteiger partial charge in [0.1, 0.15) is 5.76 Å². The van der Waals surface area contributed by atoms with E-state index in [0.717, 1.165) is 12.8 Å². The lowest BCUT2D eigenvalue weighted by Gasteiger charge is -2.27. The standard InChI is InChI=1S/C20H22N2O5/c23-18(21-12-15-4-3-11-27-15)13-7-9-14(10-8-13)22-19(24)16-5-1-2-6-17(16)20(25)26/h3-4,7-11,16-17H,1-2,5-6,12H2,(H,21,23)(H,22,24)(H,25,26). The number of carboxylic acids is 1. The second kappa shape index (κ2) is 8.53. The van der Waals surface area contributed by atoms with Gasteiger partial charge in [0.15, 0.2) is 0 Å². The van der Waals surface area contributed by atoms with Crippen molar-refractivity contribution in [2.45, 2.75) is 32.2 Å². The number of carbonyl (C=O) groups is 3. The van der Waals surface area contributed by atoms with Crippen LogP contribution in [0.1, 0.15) is 41.8 Å². The van der Waals surface area contributed by atoms with Crippen LogP contribution in [0.15, 0.2) is 47.1 Å². The molecule has 0 bridgehead atoms. The minimum Gasteiger partial charge on any atom is -0.481 e. The summed E-state index contributed by atoms with van der Waals surface area (Å²) in [6.07, 6.45) is 4.34. The zero-order chi connectivity index (χ0) is 19.2. The first-order chi connectivity index (χ1) is 13.0. The van der Waals surface area contributed by atoms with Crippen molar-refractivity contribution in [3.05, 3.63) is 54.0 Å². The molecule has 1 heterocycles. The summed E-state index contributed by atoms with van der Waals surface area (Å²) < 4.78 is 5.16. The van der Waals surface area contributed by atoms with Crippen molar-refractivity contribution in [3.8, 4) is 0 Å². The number of nitrogens with one attached hydrogen (secondary N) is 2. The van der Waals surface area contributed by atoms with E-state index in [1.165, 1.54) is 0 Å². The van der Waals surface area contributed by atoms with Crippen LogP contribution in [0.2, 0.25) is 0 Å². The van der Waals surface area contributed by atoms with Crippen molar-refractivity contribution >= 4 is 23.5 Å². The van der Waals surface area contributed by atoms with Crippen molar-refractivity contribution < 1.29 is 23.9 Å². The second-order valence-electron chi connectivity index (χ2n) is 6.66. The largest absolute Gasteiger partial charge is 0.481 e. The average molecular weight is 370 g/mol. The van der Waals surface area contributed by atoms with Crippen molar-refractivity contribution in [2.75, 3.05) is 5.32 Å². The van der Waals surface area contributed by atoms with Crippen LogP contribution in [0.4, 0.5) is 5.69 Å². The fraction of sp³-hybridized carbons (Fsp3) is 0.350. The topological polar surface area (TPSA) is 109 Å². The highest BCUT2D eigenvalue weighted by Gasteiger charge is 2.35. The van der Waals surface area contributed by atoms with E-state index in [1.807, 2.05) is 0 Å². The molecule has 1 aromatic carbocycles. The number of hydrogen-bond donors (Lipinski definition) is 3. The molecule has 1 aromatic heterocycles. The van der Waals surface area contributed by atoms with Crippen LogP contribution in [0.3, 0.4) is 0 Å². The average Bonchev–Trinajstić information content (AvgIpc) is 3.20. The third-order valence-corrected chi connectivity index (χ3v) is 4.84. The summed E-state index contributed by atoms with van der Waals surface area (Å²) in [5.74, 6) is -1.94. The maximum atomic E-state index is 12.5. The van der Waals surface area contributed by atoms with E-state index in [9.17, 15) is 19.5 Å². The number of rotatable bonds is 6. The number of hydrogen-bond acceptors (Lipinski definition) is 4. The molecule has 0 spiro atoms. The first-order valence-corrected chi connectivity index (χ1v) is 8.99. The molecule has 1 fully saturated rings. The molecular weight excluding hydrogens is 348 g/mol. The number of carboxylic acid groups (broad SMARTS) is 1. The van der Waals surface area contributed by atoms with Crippen LogP contribution in [0.5, 0.6) is 0 Å². The van der Waals surface area contributed by atoms with Gasteiger partial charge in [0.2, 0.25) is 5.91 Å². The molecule has 1 saturated carbocycles. The molecule has 2 unspecified atom stereocenters. The van der Waals surface area contributed by atoms with Gasteiger partial charge in [0, 0.05) is 11.3 Å². The van der Waals surface area contributed by atoms with E-state index in [-0.39, 0.29) is 11.8 Å². The van der Waals surface area contributed by atoms with Gasteiger partial charge in [-0.05, 0) is 49.2 Å². The summed E-state index contributed by atoms with van der Waals surface area (Å²) in [5.41, 5.74) is 0.998. The van der Waals surface area contributed by atoms with E-state index in [4.69, 9.17) is 4.42 Å². The number of anilines is 1. The SMILES string of the molecule is O=C(NCc1ccco1)c1ccc(NC(=O)C2CCCCC2C(=O)O)cc1. The molecule has 1 aliphatic carbocycles. The van der Waals surface area contributed by atoms with E-state index in [1.54, 1.807) is 42.7 Å². The number of carbonyl (C=O) groups excluding carboxylic acids is 2. The van der Waals surface area contributed by atoms with Crippen LogP contribution >= 0.6 is 0 Å². The molecule has 3 rings (SSSR count). The Bertz CT molecular complexity index is 798. The van der Waals surface area contributed by atoms with E-state index in [2.05, 4.69) is 10.6 Å². The van der Waals surface area contributed by atoms with Crippen molar-refractivity contribution in [3.63, 3.8) is 0 Å². The van der Waals surface area contributed by atoms with Gasteiger partial charge in [-0.3, -0.25) is 14.4 Å². The van der Waals surface area contributed by atoms with E-state index < -0.39 is 17.8 Å². The fourth-order valence-electron chi connectivity index (χ4n) is 3.36. The highest BCUT2D eigenvalue weighted by atomic mass is 16.4. The van der Waals surface area contributed by atoms with E-state index in [0.29, 0.717) is 36.4 Å². The Labute approximate surface area is 156 Å². The van der Waals surface area contributed by atoms with Gasteiger partial charge in [-0.1, -0.05) is 12.8 Å². The third-order valence-electron chi connectivity index (χ3n) is 4.84. The second-order valence-corrected chi connectivity index (χ2v) is 6.66. The number of benzene rings is 1. The molecule has 27 heavy (non-hydrogen) atoms. The van der Waals surface area contributed by atoms with Crippen LogP contribution in [-0.2, 0) is 16.1 Å². The van der Waals surface area contributed by atoms with Gasteiger partial charge in [-0.15, -0.1) is 0 Å². The quantitative estimate of drug-likeness (QED) is 0.724. The summed E-state index contributed by atoms with van der Waals surface area (Å²) in [6.45, 7) is 0.294. The fourth-order valence-corrected chi connectivity index (χ4v) is 3.36. The third kappa shape index (κ3) is 4.75.